The second-order valence-corrected chi connectivity index (χ2v) is 5.44. The maximum absolute atomic E-state index is 11.2. The van der Waals surface area contributed by atoms with E-state index in [9.17, 15) is 4.79 Å². The summed E-state index contributed by atoms with van der Waals surface area (Å²) in [6.07, 6.45) is 6.15. The number of carboxylic acids is 1. The lowest BCUT2D eigenvalue weighted by atomic mass is 9.83. The number of carboxylic acid groups (broad SMARTS) is 1. The summed E-state index contributed by atoms with van der Waals surface area (Å²) >= 11 is 0. The molecule has 2 aromatic heterocycles. The van der Waals surface area contributed by atoms with E-state index in [-0.39, 0.29) is 5.56 Å². The second-order valence-electron chi connectivity index (χ2n) is 5.44. The van der Waals surface area contributed by atoms with Gasteiger partial charge in [0.05, 0.1) is 11.1 Å². The van der Waals surface area contributed by atoms with Crippen molar-refractivity contribution in [3.05, 3.63) is 23.7 Å². The van der Waals surface area contributed by atoms with Crippen LogP contribution in [0, 0.1) is 5.92 Å². The molecule has 0 atom stereocenters. The van der Waals surface area contributed by atoms with Gasteiger partial charge in [-0.05, 0) is 24.8 Å². The Morgan fingerprint density at radius 3 is 2.79 bits per heavy atom. The van der Waals surface area contributed by atoms with Crippen molar-refractivity contribution >= 4 is 17.1 Å². The van der Waals surface area contributed by atoms with Gasteiger partial charge >= 0.3 is 5.97 Å². The number of hydrogen-bond acceptors (Lipinski definition) is 3. The van der Waals surface area contributed by atoms with Gasteiger partial charge in [0.2, 0.25) is 0 Å². The molecule has 1 saturated carbocycles. The smallest absolute Gasteiger partial charge is 0.338 e. The van der Waals surface area contributed by atoms with Crippen molar-refractivity contribution in [1.29, 1.82) is 0 Å². The Morgan fingerprint density at radius 2 is 2.11 bits per heavy atom. The summed E-state index contributed by atoms with van der Waals surface area (Å²) in [5, 5.41) is 9.16. The van der Waals surface area contributed by atoms with E-state index in [0.717, 1.165) is 24.6 Å². The largest absolute Gasteiger partial charge is 0.478 e. The molecule has 0 aliphatic heterocycles. The lowest BCUT2D eigenvalue weighted by Gasteiger charge is -2.24. The molecule has 1 fully saturated rings. The van der Waals surface area contributed by atoms with Gasteiger partial charge < -0.3 is 10.1 Å². The zero-order valence-corrected chi connectivity index (χ0v) is 10.9. The minimum absolute atomic E-state index is 0.243. The monoisotopic (exact) mass is 259 g/mol. The summed E-state index contributed by atoms with van der Waals surface area (Å²) in [6, 6.07) is 1.51. The molecule has 0 amide bonds. The third-order valence-corrected chi connectivity index (χ3v) is 4.04. The van der Waals surface area contributed by atoms with Crippen molar-refractivity contribution in [3.63, 3.8) is 0 Å². The summed E-state index contributed by atoms with van der Waals surface area (Å²) in [5.74, 6) is 1.14. The maximum Gasteiger partial charge on any atom is 0.338 e. The first-order valence-electron chi connectivity index (χ1n) is 6.73. The highest BCUT2D eigenvalue weighted by Crippen LogP contribution is 2.34. The summed E-state index contributed by atoms with van der Waals surface area (Å²) in [6.45, 7) is 2.28. The van der Waals surface area contributed by atoms with Crippen LogP contribution in [0.2, 0.25) is 0 Å². The second kappa shape index (κ2) is 4.64. The van der Waals surface area contributed by atoms with Gasteiger partial charge in [0.15, 0.2) is 5.65 Å². The van der Waals surface area contributed by atoms with Crippen molar-refractivity contribution in [1.82, 2.24) is 15.0 Å². The normalized spacial score (nSPS) is 23.6. The minimum Gasteiger partial charge on any atom is -0.478 e. The molecule has 5 nitrogen and oxygen atoms in total. The summed E-state index contributed by atoms with van der Waals surface area (Å²) in [5.41, 5.74) is 1.30. The number of pyridine rings is 1. The topological polar surface area (TPSA) is 78.9 Å². The fourth-order valence-electron chi connectivity index (χ4n) is 2.83. The van der Waals surface area contributed by atoms with Crippen LogP contribution in [-0.4, -0.2) is 26.0 Å². The quantitative estimate of drug-likeness (QED) is 0.869. The first kappa shape index (κ1) is 12.1. The van der Waals surface area contributed by atoms with Crippen LogP contribution in [0.25, 0.3) is 11.2 Å². The third kappa shape index (κ3) is 2.20. The van der Waals surface area contributed by atoms with Gasteiger partial charge in [-0.2, -0.15) is 0 Å². The molecule has 0 radical (unpaired) electrons. The van der Waals surface area contributed by atoms with Crippen LogP contribution in [0.15, 0.2) is 12.3 Å². The number of aromatic carboxylic acids is 1. The number of rotatable bonds is 2. The zero-order chi connectivity index (χ0) is 13.4. The molecular weight excluding hydrogens is 242 g/mol. The highest BCUT2D eigenvalue weighted by Gasteiger charge is 2.23. The molecule has 2 N–H and O–H groups in total. The van der Waals surface area contributed by atoms with Crippen LogP contribution in [0.1, 0.15) is 54.7 Å². The number of nitrogens with one attached hydrogen (secondary N) is 1. The standard InChI is InChI=1S/C14H17N3O2/c1-8-2-4-9(5-3-8)12-16-11-10(14(18)19)6-7-15-13(11)17-12/h6-9H,2-5H2,1H3,(H,18,19)(H,15,16,17). The molecule has 5 heteroatoms. The number of carbonyl (C=O) groups is 1. The first-order valence-corrected chi connectivity index (χ1v) is 6.73. The van der Waals surface area contributed by atoms with Gasteiger partial charge in [-0.25, -0.2) is 14.8 Å². The number of imidazole rings is 1. The molecule has 0 aromatic carbocycles. The molecule has 2 aromatic rings. The van der Waals surface area contributed by atoms with Gasteiger partial charge in [0, 0.05) is 12.1 Å². The molecule has 1 aliphatic carbocycles. The van der Waals surface area contributed by atoms with E-state index in [2.05, 4.69) is 21.9 Å². The van der Waals surface area contributed by atoms with Gasteiger partial charge in [-0.3, -0.25) is 0 Å². The van der Waals surface area contributed by atoms with Crippen LogP contribution in [-0.2, 0) is 0 Å². The molecule has 0 saturated heterocycles. The number of H-pyrrole nitrogens is 1. The van der Waals surface area contributed by atoms with Crippen LogP contribution >= 0.6 is 0 Å². The Kier molecular flexibility index (Phi) is 2.97. The van der Waals surface area contributed by atoms with Crippen molar-refractivity contribution < 1.29 is 9.90 Å². The lowest BCUT2D eigenvalue weighted by Crippen LogP contribution is -2.11. The van der Waals surface area contributed by atoms with E-state index in [1.54, 1.807) is 0 Å². The SMILES string of the molecule is CC1CCC(c2nc3nccc(C(=O)O)c3[nH]2)CC1. The van der Waals surface area contributed by atoms with Gasteiger partial charge in [-0.15, -0.1) is 0 Å². The Hall–Kier alpha value is -1.91. The van der Waals surface area contributed by atoms with E-state index in [1.165, 1.54) is 25.1 Å². The molecular formula is C14H17N3O2. The Labute approximate surface area is 111 Å². The fourth-order valence-corrected chi connectivity index (χ4v) is 2.83. The van der Waals surface area contributed by atoms with Crippen molar-refractivity contribution in [2.45, 2.75) is 38.5 Å². The van der Waals surface area contributed by atoms with Gasteiger partial charge in [0.25, 0.3) is 0 Å². The Balaban J connectivity index is 1.98. The molecule has 19 heavy (non-hydrogen) atoms. The fraction of sp³-hybridized carbons (Fsp3) is 0.500. The molecule has 2 heterocycles. The maximum atomic E-state index is 11.2. The van der Waals surface area contributed by atoms with Crippen molar-refractivity contribution in [2.75, 3.05) is 0 Å². The Bertz CT molecular complexity index is 612. The zero-order valence-electron chi connectivity index (χ0n) is 10.9. The van der Waals surface area contributed by atoms with Gasteiger partial charge in [-0.1, -0.05) is 19.8 Å². The number of hydrogen-bond donors (Lipinski definition) is 2. The molecule has 3 rings (SSSR count). The molecule has 0 bridgehead atoms. The van der Waals surface area contributed by atoms with E-state index < -0.39 is 5.97 Å². The van der Waals surface area contributed by atoms with Crippen LogP contribution in [0.5, 0.6) is 0 Å². The van der Waals surface area contributed by atoms with Crippen LogP contribution in [0.4, 0.5) is 0 Å². The molecule has 0 unspecified atom stereocenters. The van der Waals surface area contributed by atoms with Crippen LogP contribution in [0.3, 0.4) is 0 Å². The Morgan fingerprint density at radius 1 is 1.37 bits per heavy atom. The highest BCUT2D eigenvalue weighted by molar-refractivity contribution is 5.99. The first-order chi connectivity index (χ1) is 9.15. The number of nitrogens with zero attached hydrogens (tertiary/aromatic N) is 2. The van der Waals surface area contributed by atoms with Gasteiger partial charge in [0.1, 0.15) is 5.82 Å². The summed E-state index contributed by atoms with van der Waals surface area (Å²) in [7, 11) is 0. The predicted molar refractivity (Wildman–Crippen MR) is 71.2 cm³/mol. The van der Waals surface area contributed by atoms with E-state index >= 15 is 0 Å². The van der Waals surface area contributed by atoms with E-state index in [0.29, 0.717) is 17.1 Å². The lowest BCUT2D eigenvalue weighted by molar-refractivity contribution is 0.0698. The van der Waals surface area contributed by atoms with Crippen LogP contribution < -0.4 is 0 Å². The number of aromatic nitrogens is 3. The average Bonchev–Trinajstić information content (AvgIpc) is 2.82. The summed E-state index contributed by atoms with van der Waals surface area (Å²) in [4.78, 5) is 23.0. The number of fused-ring (bicyclic) bond motifs is 1. The molecule has 100 valence electrons. The summed E-state index contributed by atoms with van der Waals surface area (Å²) < 4.78 is 0. The van der Waals surface area contributed by atoms with Crippen molar-refractivity contribution in [2.24, 2.45) is 5.92 Å². The molecule has 1 aliphatic rings. The average molecular weight is 259 g/mol. The number of aromatic amines is 1. The van der Waals surface area contributed by atoms with Crippen molar-refractivity contribution in [3.8, 4) is 0 Å². The molecule has 0 spiro atoms. The predicted octanol–water partition coefficient (Wildman–Crippen LogP) is 2.95. The third-order valence-electron chi connectivity index (χ3n) is 4.04. The van der Waals surface area contributed by atoms with E-state index in [1.807, 2.05) is 0 Å². The van der Waals surface area contributed by atoms with E-state index in [4.69, 9.17) is 5.11 Å². The highest BCUT2D eigenvalue weighted by atomic mass is 16.4. The minimum atomic E-state index is -0.945.